The van der Waals surface area contributed by atoms with E-state index >= 15 is 0 Å². The van der Waals surface area contributed by atoms with E-state index in [1.165, 1.54) is 18.2 Å². The lowest BCUT2D eigenvalue weighted by molar-refractivity contribution is -0.114. The van der Waals surface area contributed by atoms with Crippen LogP contribution in [-0.4, -0.2) is 23.3 Å². The van der Waals surface area contributed by atoms with Crippen molar-refractivity contribution in [1.82, 2.24) is 4.98 Å². The van der Waals surface area contributed by atoms with Gasteiger partial charge in [-0.15, -0.1) is 0 Å². The molecule has 146 valence electrons. The SMILES string of the molecule is CC(=O)Nc1cccc(NC(=O)c2ccc(N3CCCc4ccccc43)cn2)c1. The molecule has 0 saturated heterocycles. The van der Waals surface area contributed by atoms with Crippen molar-refractivity contribution in [1.29, 1.82) is 0 Å². The van der Waals surface area contributed by atoms with Crippen LogP contribution in [0.2, 0.25) is 0 Å². The molecule has 0 radical (unpaired) electrons. The van der Waals surface area contributed by atoms with Crippen molar-refractivity contribution in [2.45, 2.75) is 19.8 Å². The Morgan fingerprint density at radius 3 is 2.52 bits per heavy atom. The molecule has 0 bridgehead atoms. The lowest BCUT2D eigenvalue weighted by Crippen LogP contribution is -2.24. The first-order chi connectivity index (χ1) is 14.1. The van der Waals surface area contributed by atoms with Gasteiger partial charge >= 0.3 is 0 Å². The second kappa shape index (κ2) is 8.14. The van der Waals surface area contributed by atoms with Crippen molar-refractivity contribution in [3.05, 3.63) is 78.1 Å². The van der Waals surface area contributed by atoms with Crippen molar-refractivity contribution in [3.63, 3.8) is 0 Å². The molecule has 29 heavy (non-hydrogen) atoms. The van der Waals surface area contributed by atoms with Crippen LogP contribution in [0.3, 0.4) is 0 Å². The molecule has 0 aliphatic carbocycles. The zero-order valence-electron chi connectivity index (χ0n) is 16.2. The summed E-state index contributed by atoms with van der Waals surface area (Å²) in [5.41, 5.74) is 5.07. The van der Waals surface area contributed by atoms with E-state index in [2.05, 4.69) is 38.7 Å². The molecule has 2 aromatic carbocycles. The van der Waals surface area contributed by atoms with E-state index < -0.39 is 0 Å². The normalized spacial score (nSPS) is 12.8. The number of hydrogen-bond acceptors (Lipinski definition) is 4. The third-order valence-corrected chi connectivity index (χ3v) is 4.84. The van der Waals surface area contributed by atoms with E-state index in [0.29, 0.717) is 17.1 Å². The smallest absolute Gasteiger partial charge is 0.274 e. The first kappa shape index (κ1) is 18.7. The largest absolute Gasteiger partial charge is 0.340 e. The number of nitrogens with zero attached hydrogens (tertiary/aromatic N) is 2. The number of amides is 2. The predicted molar refractivity (Wildman–Crippen MR) is 115 cm³/mol. The molecule has 0 fully saturated rings. The Balaban J connectivity index is 1.49. The van der Waals surface area contributed by atoms with Gasteiger partial charge in [-0.3, -0.25) is 9.59 Å². The number of hydrogen-bond donors (Lipinski definition) is 2. The molecule has 0 saturated carbocycles. The molecule has 3 aromatic rings. The van der Waals surface area contributed by atoms with Gasteiger partial charge in [-0.2, -0.15) is 0 Å². The minimum atomic E-state index is -0.296. The molecule has 2 heterocycles. The van der Waals surface area contributed by atoms with Gasteiger partial charge in [0.15, 0.2) is 0 Å². The number of carbonyl (C=O) groups is 2. The summed E-state index contributed by atoms with van der Waals surface area (Å²) in [4.78, 5) is 30.4. The van der Waals surface area contributed by atoms with E-state index in [4.69, 9.17) is 0 Å². The highest BCUT2D eigenvalue weighted by atomic mass is 16.2. The first-order valence-electron chi connectivity index (χ1n) is 9.61. The van der Waals surface area contributed by atoms with Gasteiger partial charge in [0, 0.05) is 30.5 Å². The molecule has 0 spiro atoms. The number of aromatic nitrogens is 1. The van der Waals surface area contributed by atoms with Crippen LogP contribution >= 0.6 is 0 Å². The predicted octanol–water partition coefficient (Wildman–Crippen LogP) is 4.38. The maximum absolute atomic E-state index is 12.6. The summed E-state index contributed by atoms with van der Waals surface area (Å²) >= 11 is 0. The van der Waals surface area contributed by atoms with Gasteiger partial charge in [0.1, 0.15) is 5.69 Å². The Morgan fingerprint density at radius 2 is 1.76 bits per heavy atom. The molecule has 4 rings (SSSR count). The second-order valence-electron chi connectivity index (χ2n) is 7.00. The van der Waals surface area contributed by atoms with Crippen LogP contribution < -0.4 is 15.5 Å². The van der Waals surface area contributed by atoms with E-state index in [-0.39, 0.29) is 11.8 Å². The van der Waals surface area contributed by atoms with Crippen molar-refractivity contribution in [3.8, 4) is 0 Å². The molecular weight excluding hydrogens is 364 g/mol. The van der Waals surface area contributed by atoms with Crippen molar-refractivity contribution in [2.75, 3.05) is 22.1 Å². The van der Waals surface area contributed by atoms with E-state index in [1.54, 1.807) is 36.5 Å². The summed E-state index contributed by atoms with van der Waals surface area (Å²) in [5, 5.41) is 5.52. The number of carbonyl (C=O) groups excluding carboxylic acids is 2. The van der Waals surface area contributed by atoms with Crippen LogP contribution in [0.25, 0.3) is 0 Å². The third kappa shape index (κ3) is 4.27. The highest BCUT2D eigenvalue weighted by Crippen LogP contribution is 2.32. The zero-order valence-corrected chi connectivity index (χ0v) is 16.2. The quantitative estimate of drug-likeness (QED) is 0.698. The number of anilines is 4. The molecule has 2 N–H and O–H groups in total. The number of benzene rings is 2. The maximum Gasteiger partial charge on any atom is 0.274 e. The van der Waals surface area contributed by atoms with Crippen LogP contribution in [0.15, 0.2) is 66.9 Å². The fourth-order valence-electron chi connectivity index (χ4n) is 3.55. The number of rotatable bonds is 4. The van der Waals surface area contributed by atoms with Crippen molar-refractivity contribution < 1.29 is 9.59 Å². The highest BCUT2D eigenvalue weighted by Gasteiger charge is 2.18. The van der Waals surface area contributed by atoms with Gasteiger partial charge in [0.2, 0.25) is 5.91 Å². The van der Waals surface area contributed by atoms with E-state index in [1.807, 2.05) is 12.1 Å². The summed E-state index contributed by atoms with van der Waals surface area (Å²) in [6, 6.07) is 19.1. The number of pyridine rings is 1. The highest BCUT2D eigenvalue weighted by molar-refractivity contribution is 6.03. The zero-order chi connectivity index (χ0) is 20.2. The summed E-state index contributed by atoms with van der Waals surface area (Å²) < 4.78 is 0. The molecule has 1 aliphatic heterocycles. The molecule has 6 heteroatoms. The van der Waals surface area contributed by atoms with Gasteiger partial charge < -0.3 is 15.5 Å². The first-order valence-corrected chi connectivity index (χ1v) is 9.61. The average Bonchev–Trinajstić information content (AvgIpc) is 2.73. The molecular formula is C23H22N4O2. The number of aryl methyl sites for hydroxylation is 1. The van der Waals surface area contributed by atoms with Gasteiger partial charge in [-0.25, -0.2) is 4.98 Å². The molecule has 2 amide bonds. The lowest BCUT2D eigenvalue weighted by Gasteiger charge is -2.31. The standard InChI is InChI=1S/C23H22N4O2/c1-16(28)25-18-8-4-9-19(14-18)26-23(29)21-12-11-20(15-24-21)27-13-5-7-17-6-2-3-10-22(17)27/h2-4,6,8-12,14-15H,5,7,13H2,1H3,(H,25,28)(H,26,29). The number of para-hydroxylation sites is 1. The Bertz CT molecular complexity index is 1050. The summed E-state index contributed by atoms with van der Waals surface area (Å²) in [7, 11) is 0. The van der Waals surface area contributed by atoms with E-state index in [9.17, 15) is 9.59 Å². The van der Waals surface area contributed by atoms with Crippen LogP contribution in [0.4, 0.5) is 22.7 Å². The molecule has 0 atom stereocenters. The summed E-state index contributed by atoms with van der Waals surface area (Å²) in [6.45, 7) is 2.37. The molecule has 1 aliphatic rings. The number of fused-ring (bicyclic) bond motifs is 1. The fraction of sp³-hybridized carbons (Fsp3) is 0.174. The van der Waals surface area contributed by atoms with Crippen molar-refractivity contribution in [2.24, 2.45) is 0 Å². The Labute approximate surface area is 169 Å². The van der Waals surface area contributed by atoms with E-state index in [0.717, 1.165) is 25.1 Å². The van der Waals surface area contributed by atoms with Crippen molar-refractivity contribution >= 4 is 34.6 Å². The van der Waals surface area contributed by atoms with Gasteiger partial charge in [0.05, 0.1) is 11.9 Å². The Kier molecular flexibility index (Phi) is 5.24. The minimum absolute atomic E-state index is 0.162. The minimum Gasteiger partial charge on any atom is -0.340 e. The fourth-order valence-corrected chi connectivity index (χ4v) is 3.55. The molecule has 0 unspecified atom stereocenters. The average molecular weight is 386 g/mol. The summed E-state index contributed by atoms with van der Waals surface area (Å²) in [6.07, 6.45) is 3.91. The van der Waals surface area contributed by atoms with Crippen LogP contribution in [0, 0.1) is 0 Å². The van der Waals surface area contributed by atoms with Gasteiger partial charge in [-0.1, -0.05) is 24.3 Å². The van der Waals surface area contributed by atoms with Crippen LogP contribution in [-0.2, 0) is 11.2 Å². The number of nitrogens with one attached hydrogen (secondary N) is 2. The third-order valence-electron chi connectivity index (χ3n) is 4.84. The summed E-state index contributed by atoms with van der Waals surface area (Å²) in [5.74, 6) is -0.458. The van der Waals surface area contributed by atoms with Crippen LogP contribution in [0.1, 0.15) is 29.4 Å². The van der Waals surface area contributed by atoms with Crippen LogP contribution in [0.5, 0.6) is 0 Å². The lowest BCUT2D eigenvalue weighted by atomic mass is 10.0. The topological polar surface area (TPSA) is 74.3 Å². The molecule has 6 nitrogen and oxygen atoms in total. The van der Waals surface area contributed by atoms with Gasteiger partial charge in [-0.05, 0) is 54.8 Å². The maximum atomic E-state index is 12.6. The molecule has 1 aromatic heterocycles. The van der Waals surface area contributed by atoms with Gasteiger partial charge in [0.25, 0.3) is 5.91 Å². The second-order valence-corrected chi connectivity index (χ2v) is 7.00. The Hall–Kier alpha value is -3.67. The Morgan fingerprint density at radius 1 is 0.966 bits per heavy atom. The monoisotopic (exact) mass is 386 g/mol.